The second-order valence-corrected chi connectivity index (χ2v) is 5.59. The summed E-state index contributed by atoms with van der Waals surface area (Å²) in [5, 5.41) is 0. The molecule has 2 N–H and O–H groups in total. The van der Waals surface area contributed by atoms with Crippen molar-refractivity contribution in [3.8, 4) is 11.1 Å². The predicted octanol–water partition coefficient (Wildman–Crippen LogP) is 3.92. The van der Waals surface area contributed by atoms with E-state index >= 15 is 0 Å². The summed E-state index contributed by atoms with van der Waals surface area (Å²) in [6.45, 7) is 0. The van der Waals surface area contributed by atoms with Crippen molar-refractivity contribution >= 4 is 27.2 Å². The molecule has 3 aromatic rings. The molecule has 0 saturated heterocycles. The van der Waals surface area contributed by atoms with Crippen molar-refractivity contribution < 1.29 is 13.2 Å². The fourth-order valence-corrected chi connectivity index (χ4v) is 3.19. The summed E-state index contributed by atoms with van der Waals surface area (Å²) in [5.41, 5.74) is 4.98. The standard InChI is InChI=1S/C15H9F3N2OS/c16-15(17,18)9-5-2-1-4-8(9)11-12(19)13-10(22-14(11)21)6-3-7-20-13/h1-7H,19H2. The van der Waals surface area contributed by atoms with Crippen LogP contribution in [0.4, 0.5) is 18.9 Å². The summed E-state index contributed by atoms with van der Waals surface area (Å²) < 4.78 is 39.5. The zero-order valence-corrected chi connectivity index (χ0v) is 11.8. The van der Waals surface area contributed by atoms with Crippen molar-refractivity contribution in [3.05, 3.63) is 57.7 Å². The number of hydrogen-bond acceptors (Lipinski definition) is 4. The molecule has 0 amide bonds. The van der Waals surface area contributed by atoms with E-state index in [9.17, 15) is 18.0 Å². The van der Waals surface area contributed by atoms with E-state index in [4.69, 9.17) is 5.73 Å². The van der Waals surface area contributed by atoms with Gasteiger partial charge in [-0.25, -0.2) is 0 Å². The molecule has 22 heavy (non-hydrogen) atoms. The average Bonchev–Trinajstić information content (AvgIpc) is 2.47. The van der Waals surface area contributed by atoms with Gasteiger partial charge in [-0.15, -0.1) is 0 Å². The Balaban J connectivity index is 2.40. The molecule has 0 unspecified atom stereocenters. The van der Waals surface area contributed by atoms with Gasteiger partial charge >= 0.3 is 6.18 Å². The van der Waals surface area contributed by atoms with Gasteiger partial charge in [0.1, 0.15) is 5.52 Å². The van der Waals surface area contributed by atoms with Gasteiger partial charge in [-0.3, -0.25) is 9.78 Å². The minimum atomic E-state index is -4.57. The van der Waals surface area contributed by atoms with E-state index < -0.39 is 16.5 Å². The molecular formula is C15H9F3N2OS. The molecule has 0 atom stereocenters. The molecule has 1 aromatic carbocycles. The molecule has 2 heterocycles. The number of pyridine rings is 1. The molecule has 7 heteroatoms. The van der Waals surface area contributed by atoms with Crippen molar-refractivity contribution in [2.45, 2.75) is 6.18 Å². The lowest BCUT2D eigenvalue weighted by Crippen LogP contribution is -2.12. The summed E-state index contributed by atoms with van der Waals surface area (Å²) >= 11 is 0.831. The Hall–Kier alpha value is -2.41. The van der Waals surface area contributed by atoms with Crippen LogP contribution in [0.5, 0.6) is 0 Å². The van der Waals surface area contributed by atoms with Gasteiger partial charge in [0.05, 0.1) is 21.5 Å². The third-order valence-electron chi connectivity index (χ3n) is 3.20. The van der Waals surface area contributed by atoms with E-state index in [-0.39, 0.29) is 16.8 Å². The van der Waals surface area contributed by atoms with E-state index in [2.05, 4.69) is 4.98 Å². The SMILES string of the molecule is Nc1c(-c2ccccc2C(F)(F)F)c(=O)sc2cccnc12. The number of benzene rings is 1. The fraction of sp³-hybridized carbons (Fsp3) is 0.0667. The van der Waals surface area contributed by atoms with Crippen molar-refractivity contribution in [3.63, 3.8) is 0 Å². The molecule has 0 bridgehead atoms. The van der Waals surface area contributed by atoms with Crippen LogP contribution in [0.25, 0.3) is 21.3 Å². The molecule has 0 saturated carbocycles. The van der Waals surface area contributed by atoms with Crippen LogP contribution in [0.3, 0.4) is 0 Å². The third-order valence-corrected chi connectivity index (χ3v) is 4.14. The van der Waals surface area contributed by atoms with Gasteiger partial charge in [0.15, 0.2) is 0 Å². The zero-order valence-electron chi connectivity index (χ0n) is 11.0. The quantitative estimate of drug-likeness (QED) is 0.738. The maximum atomic E-state index is 13.2. The van der Waals surface area contributed by atoms with E-state index in [1.165, 1.54) is 24.4 Å². The van der Waals surface area contributed by atoms with Gasteiger partial charge < -0.3 is 5.73 Å². The number of fused-ring (bicyclic) bond motifs is 1. The summed E-state index contributed by atoms with van der Waals surface area (Å²) in [6, 6.07) is 8.19. The normalized spacial score (nSPS) is 11.8. The summed E-state index contributed by atoms with van der Waals surface area (Å²) in [4.78, 5) is 16.3. The molecule has 2 aromatic heterocycles. The first-order valence-corrected chi connectivity index (χ1v) is 7.05. The lowest BCUT2D eigenvalue weighted by molar-refractivity contribution is -0.137. The van der Waals surface area contributed by atoms with Crippen molar-refractivity contribution in [1.29, 1.82) is 0 Å². The Bertz CT molecular complexity index is 919. The van der Waals surface area contributed by atoms with Crippen LogP contribution in [-0.2, 0) is 6.18 Å². The number of aromatic nitrogens is 1. The molecule has 0 aliphatic carbocycles. The number of alkyl halides is 3. The second kappa shape index (κ2) is 5.10. The molecule has 0 aliphatic rings. The molecule has 3 rings (SSSR count). The first-order valence-electron chi connectivity index (χ1n) is 6.23. The first kappa shape index (κ1) is 14.5. The lowest BCUT2D eigenvalue weighted by atomic mass is 9.99. The number of nitrogen functional groups attached to an aromatic ring is 1. The topological polar surface area (TPSA) is 56.0 Å². The Kier molecular flexibility index (Phi) is 3.37. The van der Waals surface area contributed by atoms with Crippen LogP contribution in [0.15, 0.2) is 47.4 Å². The number of anilines is 1. The molecule has 0 fully saturated rings. The Morgan fingerprint density at radius 2 is 1.82 bits per heavy atom. The van der Waals surface area contributed by atoms with Gasteiger partial charge in [0.25, 0.3) is 0 Å². The predicted molar refractivity (Wildman–Crippen MR) is 80.7 cm³/mol. The molecule has 0 spiro atoms. The highest BCUT2D eigenvalue weighted by Crippen LogP contribution is 2.39. The van der Waals surface area contributed by atoms with E-state index in [1.54, 1.807) is 12.1 Å². The molecule has 112 valence electrons. The van der Waals surface area contributed by atoms with Crippen LogP contribution in [0.2, 0.25) is 0 Å². The maximum absolute atomic E-state index is 13.2. The van der Waals surface area contributed by atoms with Crippen LogP contribution in [0, 0.1) is 0 Å². The minimum absolute atomic E-state index is 0.0314. The van der Waals surface area contributed by atoms with Gasteiger partial charge in [-0.05, 0) is 18.2 Å². The minimum Gasteiger partial charge on any atom is -0.396 e. The lowest BCUT2D eigenvalue weighted by Gasteiger charge is -2.14. The van der Waals surface area contributed by atoms with Crippen LogP contribution in [0.1, 0.15) is 5.56 Å². The Morgan fingerprint density at radius 1 is 1.09 bits per heavy atom. The number of rotatable bonds is 1. The van der Waals surface area contributed by atoms with E-state index in [0.717, 1.165) is 17.4 Å². The van der Waals surface area contributed by atoms with Gasteiger partial charge in [0.2, 0.25) is 4.74 Å². The second-order valence-electron chi connectivity index (χ2n) is 4.57. The van der Waals surface area contributed by atoms with Gasteiger partial charge in [0, 0.05) is 11.8 Å². The van der Waals surface area contributed by atoms with Crippen molar-refractivity contribution in [2.75, 3.05) is 5.73 Å². The molecule has 0 aliphatic heterocycles. The molecule has 3 nitrogen and oxygen atoms in total. The third kappa shape index (κ3) is 2.33. The number of halogens is 3. The molecular weight excluding hydrogens is 313 g/mol. The van der Waals surface area contributed by atoms with Crippen LogP contribution < -0.4 is 10.5 Å². The smallest absolute Gasteiger partial charge is 0.396 e. The summed E-state index contributed by atoms with van der Waals surface area (Å²) in [7, 11) is 0. The Labute approximate surface area is 126 Å². The van der Waals surface area contributed by atoms with Crippen LogP contribution in [-0.4, -0.2) is 4.98 Å². The highest BCUT2D eigenvalue weighted by molar-refractivity contribution is 7.16. The first-order chi connectivity index (χ1) is 10.4. The Morgan fingerprint density at radius 3 is 2.55 bits per heavy atom. The van der Waals surface area contributed by atoms with Crippen molar-refractivity contribution in [1.82, 2.24) is 4.98 Å². The fourth-order valence-electron chi connectivity index (χ4n) is 2.26. The van der Waals surface area contributed by atoms with Crippen molar-refractivity contribution in [2.24, 2.45) is 0 Å². The van der Waals surface area contributed by atoms with Crippen LogP contribution >= 0.6 is 11.3 Å². The van der Waals surface area contributed by atoms with E-state index in [1.807, 2.05) is 0 Å². The number of hydrogen-bond donors (Lipinski definition) is 1. The van der Waals surface area contributed by atoms with Gasteiger partial charge in [-0.1, -0.05) is 29.5 Å². The summed E-state index contributed by atoms with van der Waals surface area (Å²) in [5.74, 6) is 0. The number of nitrogens with two attached hydrogens (primary N) is 1. The highest BCUT2D eigenvalue weighted by atomic mass is 32.1. The van der Waals surface area contributed by atoms with E-state index in [0.29, 0.717) is 10.2 Å². The average molecular weight is 322 g/mol. The van der Waals surface area contributed by atoms with Gasteiger partial charge in [-0.2, -0.15) is 13.2 Å². The summed E-state index contributed by atoms with van der Waals surface area (Å²) in [6.07, 6.45) is -3.09. The monoisotopic (exact) mass is 322 g/mol. The highest BCUT2D eigenvalue weighted by Gasteiger charge is 2.34. The maximum Gasteiger partial charge on any atom is 0.417 e. The molecule has 0 radical (unpaired) electrons. The largest absolute Gasteiger partial charge is 0.417 e. The zero-order chi connectivity index (χ0) is 15.9. The number of nitrogens with zero attached hydrogens (tertiary/aromatic N) is 1.